The van der Waals surface area contributed by atoms with Gasteiger partial charge in [0.2, 0.25) is 0 Å². The molecule has 2 unspecified atom stereocenters. The lowest BCUT2D eigenvalue weighted by atomic mass is 9.89. The standard InChI is InChI=1S/C16H34N2/c1-13(2)15-8-7-10-18(11-9-15)14(3)12-17-16(4,5)6/h13-15,17H,7-12H2,1-6H3. The van der Waals surface area contributed by atoms with Gasteiger partial charge in [-0.2, -0.15) is 0 Å². The van der Waals surface area contributed by atoms with E-state index in [1.807, 2.05) is 0 Å². The highest BCUT2D eigenvalue weighted by molar-refractivity contribution is 4.79. The van der Waals surface area contributed by atoms with Gasteiger partial charge in [-0.05, 0) is 71.9 Å². The third-order valence-corrected chi connectivity index (χ3v) is 4.30. The molecule has 0 aliphatic carbocycles. The topological polar surface area (TPSA) is 15.3 Å². The predicted molar refractivity (Wildman–Crippen MR) is 81.0 cm³/mol. The Morgan fingerprint density at radius 3 is 2.33 bits per heavy atom. The van der Waals surface area contributed by atoms with E-state index < -0.39 is 0 Å². The van der Waals surface area contributed by atoms with E-state index in [2.05, 4.69) is 51.8 Å². The van der Waals surface area contributed by atoms with Crippen LogP contribution in [0.3, 0.4) is 0 Å². The highest BCUT2D eigenvalue weighted by Crippen LogP contribution is 2.25. The first-order chi connectivity index (χ1) is 8.29. The molecule has 0 aromatic carbocycles. The molecule has 0 aromatic rings. The number of rotatable bonds is 4. The minimum atomic E-state index is 0.237. The van der Waals surface area contributed by atoms with Gasteiger partial charge in [0, 0.05) is 18.1 Å². The Hall–Kier alpha value is -0.0800. The number of hydrogen-bond acceptors (Lipinski definition) is 2. The Bertz CT molecular complexity index is 230. The van der Waals surface area contributed by atoms with Gasteiger partial charge in [-0.25, -0.2) is 0 Å². The van der Waals surface area contributed by atoms with Crippen LogP contribution < -0.4 is 5.32 Å². The van der Waals surface area contributed by atoms with Crippen LogP contribution in [-0.2, 0) is 0 Å². The Morgan fingerprint density at radius 1 is 1.11 bits per heavy atom. The van der Waals surface area contributed by atoms with Crippen LogP contribution in [-0.4, -0.2) is 36.1 Å². The zero-order valence-electron chi connectivity index (χ0n) is 13.4. The van der Waals surface area contributed by atoms with Gasteiger partial charge in [0.15, 0.2) is 0 Å². The van der Waals surface area contributed by atoms with Gasteiger partial charge >= 0.3 is 0 Å². The molecule has 0 aromatic heterocycles. The second-order valence-corrected chi connectivity index (χ2v) is 7.45. The van der Waals surface area contributed by atoms with Crippen molar-refractivity contribution in [2.24, 2.45) is 11.8 Å². The van der Waals surface area contributed by atoms with E-state index in [1.165, 1.54) is 32.4 Å². The summed E-state index contributed by atoms with van der Waals surface area (Å²) in [5.74, 6) is 1.80. The summed E-state index contributed by atoms with van der Waals surface area (Å²) in [6.45, 7) is 17.6. The maximum absolute atomic E-state index is 3.63. The van der Waals surface area contributed by atoms with Crippen molar-refractivity contribution < 1.29 is 0 Å². The lowest BCUT2D eigenvalue weighted by Gasteiger charge is -2.31. The van der Waals surface area contributed by atoms with Crippen molar-refractivity contribution in [1.29, 1.82) is 0 Å². The van der Waals surface area contributed by atoms with Crippen LogP contribution in [0.5, 0.6) is 0 Å². The average molecular weight is 254 g/mol. The fourth-order valence-corrected chi connectivity index (χ4v) is 2.83. The summed E-state index contributed by atoms with van der Waals surface area (Å²) >= 11 is 0. The average Bonchev–Trinajstić information content (AvgIpc) is 2.50. The normalized spacial score (nSPS) is 25.2. The largest absolute Gasteiger partial charge is 0.311 e. The summed E-state index contributed by atoms with van der Waals surface area (Å²) < 4.78 is 0. The Balaban J connectivity index is 2.38. The van der Waals surface area contributed by atoms with Crippen LogP contribution in [0.4, 0.5) is 0 Å². The fraction of sp³-hybridized carbons (Fsp3) is 1.00. The molecule has 1 aliphatic rings. The molecule has 1 N–H and O–H groups in total. The SMILES string of the molecule is CC(C)C1CCCN(C(C)CNC(C)(C)C)CC1. The molecular formula is C16H34N2. The van der Waals surface area contributed by atoms with Gasteiger partial charge in [0.05, 0.1) is 0 Å². The van der Waals surface area contributed by atoms with Crippen LogP contribution in [0.15, 0.2) is 0 Å². The Labute approximate surface area is 115 Å². The van der Waals surface area contributed by atoms with Crippen LogP contribution in [0.25, 0.3) is 0 Å². The van der Waals surface area contributed by atoms with Crippen molar-refractivity contribution in [2.75, 3.05) is 19.6 Å². The summed E-state index contributed by atoms with van der Waals surface area (Å²) in [5.41, 5.74) is 0.237. The summed E-state index contributed by atoms with van der Waals surface area (Å²) in [4.78, 5) is 2.68. The van der Waals surface area contributed by atoms with Gasteiger partial charge < -0.3 is 5.32 Å². The van der Waals surface area contributed by atoms with Gasteiger partial charge in [0.25, 0.3) is 0 Å². The Kier molecular flexibility index (Phi) is 6.13. The summed E-state index contributed by atoms with van der Waals surface area (Å²) in [5, 5.41) is 3.63. The van der Waals surface area contributed by atoms with Crippen LogP contribution >= 0.6 is 0 Å². The molecule has 108 valence electrons. The first-order valence-corrected chi connectivity index (χ1v) is 7.78. The van der Waals surface area contributed by atoms with E-state index in [9.17, 15) is 0 Å². The molecule has 1 rings (SSSR count). The quantitative estimate of drug-likeness (QED) is 0.826. The number of nitrogens with one attached hydrogen (secondary N) is 1. The van der Waals surface area contributed by atoms with Gasteiger partial charge in [-0.1, -0.05) is 13.8 Å². The summed E-state index contributed by atoms with van der Waals surface area (Å²) in [6.07, 6.45) is 4.19. The maximum Gasteiger partial charge on any atom is 0.0192 e. The molecule has 0 spiro atoms. The van der Waals surface area contributed by atoms with Crippen LogP contribution in [0, 0.1) is 11.8 Å². The lowest BCUT2D eigenvalue weighted by Crippen LogP contribution is -2.46. The lowest BCUT2D eigenvalue weighted by molar-refractivity contribution is 0.196. The van der Waals surface area contributed by atoms with Gasteiger partial charge in [-0.3, -0.25) is 4.90 Å². The second-order valence-electron chi connectivity index (χ2n) is 7.45. The van der Waals surface area contributed by atoms with Crippen LogP contribution in [0.2, 0.25) is 0 Å². The van der Waals surface area contributed by atoms with Crippen molar-refractivity contribution in [3.63, 3.8) is 0 Å². The molecule has 0 radical (unpaired) electrons. The highest BCUT2D eigenvalue weighted by atomic mass is 15.2. The van der Waals surface area contributed by atoms with Crippen molar-refractivity contribution in [3.05, 3.63) is 0 Å². The first kappa shape index (κ1) is 16.0. The van der Waals surface area contributed by atoms with Crippen molar-refractivity contribution in [3.8, 4) is 0 Å². The summed E-state index contributed by atoms with van der Waals surface area (Å²) in [7, 11) is 0. The molecule has 2 heteroatoms. The zero-order valence-corrected chi connectivity index (χ0v) is 13.4. The van der Waals surface area contributed by atoms with E-state index >= 15 is 0 Å². The van der Waals surface area contributed by atoms with E-state index in [0.29, 0.717) is 6.04 Å². The molecule has 2 nitrogen and oxygen atoms in total. The molecule has 1 fully saturated rings. The third-order valence-electron chi connectivity index (χ3n) is 4.30. The number of likely N-dealkylation sites (tertiary alicyclic amines) is 1. The molecule has 1 saturated heterocycles. The molecule has 2 atom stereocenters. The summed E-state index contributed by atoms with van der Waals surface area (Å²) in [6, 6.07) is 0.662. The van der Waals surface area contributed by atoms with Crippen molar-refractivity contribution in [2.45, 2.75) is 72.4 Å². The predicted octanol–water partition coefficient (Wildman–Crippen LogP) is 3.52. The molecular weight excluding hydrogens is 220 g/mol. The third kappa shape index (κ3) is 5.71. The molecule has 0 saturated carbocycles. The van der Waals surface area contributed by atoms with E-state index in [0.717, 1.165) is 18.4 Å². The monoisotopic (exact) mass is 254 g/mol. The molecule has 1 aliphatic heterocycles. The molecule has 0 bridgehead atoms. The highest BCUT2D eigenvalue weighted by Gasteiger charge is 2.22. The van der Waals surface area contributed by atoms with E-state index in [-0.39, 0.29) is 5.54 Å². The molecule has 0 amide bonds. The Morgan fingerprint density at radius 2 is 1.78 bits per heavy atom. The zero-order chi connectivity index (χ0) is 13.8. The maximum atomic E-state index is 3.63. The van der Waals surface area contributed by atoms with E-state index in [4.69, 9.17) is 0 Å². The van der Waals surface area contributed by atoms with Gasteiger partial charge in [-0.15, -0.1) is 0 Å². The molecule has 1 heterocycles. The van der Waals surface area contributed by atoms with Crippen molar-refractivity contribution in [1.82, 2.24) is 10.2 Å². The minimum absolute atomic E-state index is 0.237. The first-order valence-electron chi connectivity index (χ1n) is 7.78. The van der Waals surface area contributed by atoms with Crippen molar-refractivity contribution >= 4 is 0 Å². The van der Waals surface area contributed by atoms with Gasteiger partial charge in [0.1, 0.15) is 0 Å². The second kappa shape index (κ2) is 6.91. The smallest absolute Gasteiger partial charge is 0.0192 e. The number of nitrogens with zero attached hydrogens (tertiary/aromatic N) is 1. The fourth-order valence-electron chi connectivity index (χ4n) is 2.83. The molecule has 18 heavy (non-hydrogen) atoms. The van der Waals surface area contributed by atoms with Crippen LogP contribution in [0.1, 0.15) is 60.8 Å². The minimum Gasteiger partial charge on any atom is -0.311 e. The van der Waals surface area contributed by atoms with E-state index in [1.54, 1.807) is 0 Å². The number of hydrogen-bond donors (Lipinski definition) is 1.